The predicted molar refractivity (Wildman–Crippen MR) is 62.8 cm³/mol. The Hall–Kier alpha value is -1.98. The maximum Gasteiger partial charge on any atom is 0.325 e. The topological polar surface area (TPSA) is 71.8 Å². The Labute approximate surface area is 105 Å². The van der Waals surface area contributed by atoms with E-state index in [2.05, 4.69) is 10.1 Å². The second-order valence-corrected chi connectivity index (χ2v) is 4.10. The lowest BCUT2D eigenvalue weighted by Crippen LogP contribution is -2.41. The van der Waals surface area contributed by atoms with Crippen LogP contribution in [0.1, 0.15) is 24.6 Å². The van der Waals surface area contributed by atoms with E-state index in [-0.39, 0.29) is 18.6 Å². The molecule has 0 spiro atoms. The van der Waals surface area contributed by atoms with Crippen molar-refractivity contribution < 1.29 is 18.7 Å². The molecule has 6 nitrogen and oxygen atoms in total. The number of esters is 1. The number of carbonyl (C=O) groups is 2. The highest BCUT2D eigenvalue weighted by molar-refractivity contribution is 5.81. The minimum Gasteiger partial charge on any atom is -0.468 e. The van der Waals surface area contributed by atoms with E-state index in [4.69, 9.17) is 4.42 Å². The summed E-state index contributed by atoms with van der Waals surface area (Å²) in [6.07, 6.45) is 3.40. The van der Waals surface area contributed by atoms with Crippen molar-refractivity contribution in [3.05, 3.63) is 24.2 Å². The van der Waals surface area contributed by atoms with Gasteiger partial charge in [0.05, 0.1) is 19.4 Å². The molecule has 1 fully saturated rings. The average Bonchev–Trinajstić information content (AvgIpc) is 3.04. The third kappa shape index (κ3) is 2.64. The summed E-state index contributed by atoms with van der Waals surface area (Å²) in [5, 5.41) is 2.54. The van der Waals surface area contributed by atoms with Gasteiger partial charge in [-0.2, -0.15) is 0 Å². The summed E-state index contributed by atoms with van der Waals surface area (Å²) < 4.78 is 9.80. The van der Waals surface area contributed by atoms with Crippen LogP contribution in [0.3, 0.4) is 0 Å². The molecule has 1 aliphatic rings. The molecule has 98 valence electrons. The Morgan fingerprint density at radius 3 is 3.11 bits per heavy atom. The first-order valence-corrected chi connectivity index (χ1v) is 5.87. The second kappa shape index (κ2) is 5.57. The summed E-state index contributed by atoms with van der Waals surface area (Å²) >= 11 is 0. The number of carbonyl (C=O) groups excluding carboxylic acids is 2. The van der Waals surface area contributed by atoms with Crippen molar-refractivity contribution in [2.45, 2.75) is 18.9 Å². The van der Waals surface area contributed by atoms with Crippen molar-refractivity contribution in [2.24, 2.45) is 0 Å². The van der Waals surface area contributed by atoms with Gasteiger partial charge in [0.15, 0.2) is 0 Å². The maximum absolute atomic E-state index is 11.9. The zero-order valence-corrected chi connectivity index (χ0v) is 10.2. The molecular weight excluding hydrogens is 236 g/mol. The van der Waals surface area contributed by atoms with Crippen LogP contribution in [0.2, 0.25) is 0 Å². The number of hydrogen-bond donors (Lipinski definition) is 1. The van der Waals surface area contributed by atoms with Gasteiger partial charge in [0.1, 0.15) is 12.3 Å². The number of urea groups is 1. The number of furan rings is 1. The van der Waals surface area contributed by atoms with Crippen LogP contribution in [-0.2, 0) is 9.53 Å². The summed E-state index contributed by atoms with van der Waals surface area (Å²) in [6.45, 7) is 0.551. The molecule has 6 heteroatoms. The molecule has 1 unspecified atom stereocenters. The number of hydrogen-bond acceptors (Lipinski definition) is 4. The number of methoxy groups -OCH3 is 1. The molecule has 2 rings (SSSR count). The van der Waals surface area contributed by atoms with Crippen LogP contribution >= 0.6 is 0 Å². The Kier molecular flexibility index (Phi) is 3.86. The van der Waals surface area contributed by atoms with Crippen molar-refractivity contribution >= 4 is 12.0 Å². The van der Waals surface area contributed by atoms with Crippen molar-refractivity contribution in [1.82, 2.24) is 10.2 Å². The van der Waals surface area contributed by atoms with E-state index < -0.39 is 5.97 Å². The van der Waals surface area contributed by atoms with Crippen LogP contribution in [0.5, 0.6) is 0 Å². The normalized spacial score (nSPS) is 18.7. The molecule has 0 aromatic carbocycles. The van der Waals surface area contributed by atoms with E-state index in [0.717, 1.165) is 18.6 Å². The lowest BCUT2D eigenvalue weighted by atomic mass is 10.2. The summed E-state index contributed by atoms with van der Waals surface area (Å²) in [6, 6.07) is 3.35. The monoisotopic (exact) mass is 252 g/mol. The van der Waals surface area contributed by atoms with Gasteiger partial charge in [-0.3, -0.25) is 4.79 Å². The van der Waals surface area contributed by atoms with Crippen LogP contribution in [0, 0.1) is 0 Å². The largest absolute Gasteiger partial charge is 0.468 e. The minimum atomic E-state index is -0.461. The van der Waals surface area contributed by atoms with Crippen LogP contribution in [0.25, 0.3) is 0 Å². The molecular formula is C12H16N2O4. The van der Waals surface area contributed by atoms with Crippen molar-refractivity contribution in [3.8, 4) is 0 Å². The van der Waals surface area contributed by atoms with Crippen LogP contribution in [-0.4, -0.2) is 37.1 Å². The summed E-state index contributed by atoms with van der Waals surface area (Å²) in [5.41, 5.74) is 0. The minimum absolute atomic E-state index is 0.0438. The van der Waals surface area contributed by atoms with E-state index in [9.17, 15) is 9.59 Å². The fourth-order valence-corrected chi connectivity index (χ4v) is 2.11. The molecule has 1 aromatic heterocycles. The number of likely N-dealkylation sites (tertiary alicyclic amines) is 1. The second-order valence-electron chi connectivity index (χ2n) is 4.10. The van der Waals surface area contributed by atoms with Crippen molar-refractivity contribution in [2.75, 3.05) is 20.2 Å². The van der Waals surface area contributed by atoms with E-state index in [1.165, 1.54) is 7.11 Å². The number of nitrogens with one attached hydrogen (secondary N) is 1. The molecule has 1 N–H and O–H groups in total. The van der Waals surface area contributed by atoms with Gasteiger partial charge in [-0.15, -0.1) is 0 Å². The first kappa shape index (κ1) is 12.5. The van der Waals surface area contributed by atoms with Crippen LogP contribution < -0.4 is 5.32 Å². The molecule has 1 aromatic rings. The molecule has 18 heavy (non-hydrogen) atoms. The zero-order chi connectivity index (χ0) is 13.0. The van der Waals surface area contributed by atoms with Gasteiger partial charge in [-0.05, 0) is 25.0 Å². The number of amides is 2. The van der Waals surface area contributed by atoms with Gasteiger partial charge in [0, 0.05) is 6.54 Å². The summed E-state index contributed by atoms with van der Waals surface area (Å²) in [5.74, 6) is 0.317. The van der Waals surface area contributed by atoms with E-state index in [1.807, 2.05) is 6.07 Å². The Morgan fingerprint density at radius 1 is 1.61 bits per heavy atom. The number of nitrogens with zero attached hydrogens (tertiary/aromatic N) is 1. The van der Waals surface area contributed by atoms with E-state index in [1.54, 1.807) is 17.2 Å². The van der Waals surface area contributed by atoms with Gasteiger partial charge in [0.25, 0.3) is 0 Å². The Morgan fingerprint density at radius 2 is 2.44 bits per heavy atom. The lowest BCUT2D eigenvalue weighted by Gasteiger charge is -2.23. The maximum atomic E-state index is 11.9. The molecule has 1 saturated heterocycles. The lowest BCUT2D eigenvalue weighted by molar-refractivity contribution is -0.139. The van der Waals surface area contributed by atoms with E-state index >= 15 is 0 Å². The SMILES string of the molecule is COC(=O)CNC(=O)N1CCCC1c1ccco1. The molecule has 2 heterocycles. The van der Waals surface area contributed by atoms with Crippen molar-refractivity contribution in [3.63, 3.8) is 0 Å². The third-order valence-electron chi connectivity index (χ3n) is 3.00. The van der Waals surface area contributed by atoms with Gasteiger partial charge in [-0.1, -0.05) is 0 Å². The first-order valence-electron chi connectivity index (χ1n) is 5.87. The molecule has 0 radical (unpaired) electrons. The number of ether oxygens (including phenoxy) is 1. The third-order valence-corrected chi connectivity index (χ3v) is 3.00. The highest BCUT2D eigenvalue weighted by Gasteiger charge is 2.31. The molecule has 0 saturated carbocycles. The van der Waals surface area contributed by atoms with E-state index in [0.29, 0.717) is 6.54 Å². The molecule has 1 atom stereocenters. The zero-order valence-electron chi connectivity index (χ0n) is 10.2. The molecule has 1 aliphatic heterocycles. The fraction of sp³-hybridized carbons (Fsp3) is 0.500. The van der Waals surface area contributed by atoms with Gasteiger partial charge < -0.3 is 19.4 Å². The first-order chi connectivity index (χ1) is 8.72. The van der Waals surface area contributed by atoms with Gasteiger partial charge >= 0.3 is 12.0 Å². The van der Waals surface area contributed by atoms with Crippen LogP contribution in [0.15, 0.2) is 22.8 Å². The Balaban J connectivity index is 1.95. The van der Waals surface area contributed by atoms with Gasteiger partial charge in [0.2, 0.25) is 0 Å². The summed E-state index contributed by atoms with van der Waals surface area (Å²) in [4.78, 5) is 24.6. The molecule has 0 bridgehead atoms. The fourth-order valence-electron chi connectivity index (χ4n) is 2.11. The smallest absolute Gasteiger partial charge is 0.325 e. The highest BCUT2D eigenvalue weighted by atomic mass is 16.5. The standard InChI is InChI=1S/C12H16N2O4/c1-17-11(15)8-13-12(16)14-6-2-4-9(14)10-5-3-7-18-10/h3,5,7,9H,2,4,6,8H2,1H3,(H,13,16). The molecule has 2 amide bonds. The van der Waals surface area contributed by atoms with Gasteiger partial charge in [-0.25, -0.2) is 4.79 Å². The summed E-state index contributed by atoms with van der Waals surface area (Å²) in [7, 11) is 1.29. The number of rotatable bonds is 3. The average molecular weight is 252 g/mol. The molecule has 0 aliphatic carbocycles. The Bertz CT molecular complexity index is 416. The van der Waals surface area contributed by atoms with Crippen molar-refractivity contribution in [1.29, 1.82) is 0 Å². The quantitative estimate of drug-likeness (QED) is 0.823. The predicted octanol–water partition coefficient (Wildman–Crippen LogP) is 1.30. The highest BCUT2D eigenvalue weighted by Crippen LogP contribution is 2.31. The van der Waals surface area contributed by atoms with Crippen LogP contribution in [0.4, 0.5) is 4.79 Å².